The highest BCUT2D eigenvalue weighted by atomic mass is 16.2. The first kappa shape index (κ1) is 24.2. The van der Waals surface area contributed by atoms with Gasteiger partial charge in [0, 0.05) is 63.6 Å². The second kappa shape index (κ2) is 11.9. The largest absolute Gasteiger partial charge is 0.364 e. The average Bonchev–Trinajstić information content (AvgIpc) is 2.94. The summed E-state index contributed by atoms with van der Waals surface area (Å²) in [5, 5.41) is 15.4. The third-order valence-corrected chi connectivity index (χ3v) is 7.22. The maximum Gasteiger partial charge on any atom is 0.223 e. The second-order valence-electron chi connectivity index (χ2n) is 9.80. The fourth-order valence-corrected chi connectivity index (χ4v) is 5.05. The van der Waals surface area contributed by atoms with Crippen molar-refractivity contribution in [3.63, 3.8) is 0 Å². The van der Waals surface area contributed by atoms with E-state index in [0.717, 1.165) is 75.6 Å². The van der Waals surface area contributed by atoms with Crippen molar-refractivity contribution >= 4 is 17.5 Å². The van der Waals surface area contributed by atoms with Crippen LogP contribution in [0.1, 0.15) is 36.8 Å². The lowest BCUT2D eigenvalue weighted by Gasteiger charge is -2.35. The molecule has 0 atom stereocenters. The van der Waals surface area contributed by atoms with Gasteiger partial charge in [0.25, 0.3) is 0 Å². The van der Waals surface area contributed by atoms with Gasteiger partial charge in [-0.1, -0.05) is 36.4 Å². The Morgan fingerprint density at radius 1 is 0.861 bits per heavy atom. The van der Waals surface area contributed by atoms with Crippen molar-refractivity contribution in [3.05, 3.63) is 78.1 Å². The molecule has 3 aromatic rings. The molecule has 4 heterocycles. The van der Waals surface area contributed by atoms with Crippen LogP contribution in [0.3, 0.4) is 0 Å². The molecule has 0 unspecified atom stereocenters. The highest BCUT2D eigenvalue weighted by Gasteiger charge is 2.28. The van der Waals surface area contributed by atoms with Gasteiger partial charge in [-0.15, -0.1) is 10.2 Å². The molecule has 2 saturated heterocycles. The van der Waals surface area contributed by atoms with Crippen LogP contribution in [-0.2, 0) is 17.9 Å². The van der Waals surface area contributed by atoms with Crippen LogP contribution in [0.5, 0.6) is 0 Å². The first-order valence-corrected chi connectivity index (χ1v) is 13.0. The highest BCUT2D eigenvalue weighted by molar-refractivity contribution is 5.79. The standard InChI is InChI=1S/C28H35N7O/c36-28(31-25-12-15-34(16-13-25)21-22-5-2-1-3-6-22)24-10-17-35(18-11-24)27-9-8-26(32-33-27)30-20-23-7-4-14-29-19-23/h1-9,14,19,24-25H,10-13,15-18,20-21H2,(H,30,32)(H,31,36). The number of anilines is 2. The average molecular weight is 486 g/mol. The first-order chi connectivity index (χ1) is 17.7. The van der Waals surface area contributed by atoms with E-state index in [1.165, 1.54) is 5.56 Å². The van der Waals surface area contributed by atoms with Crippen molar-refractivity contribution in [1.29, 1.82) is 0 Å². The lowest BCUT2D eigenvalue weighted by molar-refractivity contribution is -0.126. The summed E-state index contributed by atoms with van der Waals surface area (Å²) < 4.78 is 0. The molecule has 0 saturated carbocycles. The molecule has 2 aliphatic rings. The quantitative estimate of drug-likeness (QED) is 0.505. The predicted octanol–water partition coefficient (Wildman–Crippen LogP) is 3.48. The monoisotopic (exact) mass is 485 g/mol. The zero-order chi connectivity index (χ0) is 24.6. The Balaban J connectivity index is 1.02. The number of nitrogens with one attached hydrogen (secondary N) is 2. The Kier molecular flexibility index (Phi) is 8.03. The molecule has 0 spiro atoms. The molecule has 8 heteroatoms. The van der Waals surface area contributed by atoms with E-state index in [1.807, 2.05) is 30.5 Å². The molecule has 0 aliphatic carbocycles. The third-order valence-electron chi connectivity index (χ3n) is 7.22. The van der Waals surface area contributed by atoms with Gasteiger partial charge in [-0.05, 0) is 55.0 Å². The SMILES string of the molecule is O=C(NC1CCN(Cc2ccccc2)CC1)C1CCN(c2ccc(NCc3cccnc3)nn2)CC1. The van der Waals surface area contributed by atoms with Crippen LogP contribution in [0.25, 0.3) is 0 Å². The molecule has 188 valence electrons. The minimum Gasteiger partial charge on any atom is -0.364 e. The Morgan fingerprint density at radius 2 is 1.64 bits per heavy atom. The zero-order valence-corrected chi connectivity index (χ0v) is 20.7. The predicted molar refractivity (Wildman–Crippen MR) is 141 cm³/mol. The number of nitrogens with zero attached hydrogens (tertiary/aromatic N) is 5. The van der Waals surface area contributed by atoms with Crippen molar-refractivity contribution in [2.75, 3.05) is 36.4 Å². The van der Waals surface area contributed by atoms with Crippen molar-refractivity contribution < 1.29 is 4.79 Å². The van der Waals surface area contributed by atoms with Crippen LogP contribution < -0.4 is 15.5 Å². The number of rotatable bonds is 8. The molecule has 2 aliphatic heterocycles. The van der Waals surface area contributed by atoms with Crippen LogP contribution in [-0.4, -0.2) is 58.2 Å². The molecule has 5 rings (SSSR count). The summed E-state index contributed by atoms with van der Waals surface area (Å²) in [5.74, 6) is 1.91. The van der Waals surface area contributed by atoms with Gasteiger partial charge in [-0.25, -0.2) is 0 Å². The van der Waals surface area contributed by atoms with Crippen molar-refractivity contribution in [2.24, 2.45) is 5.92 Å². The minimum atomic E-state index is 0.0805. The molecular formula is C28H35N7O. The van der Waals surface area contributed by atoms with Gasteiger partial charge >= 0.3 is 0 Å². The first-order valence-electron chi connectivity index (χ1n) is 13.0. The molecule has 0 radical (unpaired) electrons. The van der Waals surface area contributed by atoms with Crippen LogP contribution in [0, 0.1) is 5.92 Å². The summed E-state index contributed by atoms with van der Waals surface area (Å²) in [4.78, 5) is 21.8. The van der Waals surface area contributed by atoms with Gasteiger partial charge in [-0.3, -0.25) is 14.7 Å². The third kappa shape index (κ3) is 6.57. The lowest BCUT2D eigenvalue weighted by atomic mass is 9.94. The zero-order valence-electron chi connectivity index (χ0n) is 20.7. The van der Waals surface area contributed by atoms with Crippen molar-refractivity contribution in [3.8, 4) is 0 Å². The second-order valence-corrected chi connectivity index (χ2v) is 9.80. The van der Waals surface area contributed by atoms with E-state index < -0.39 is 0 Å². The molecule has 2 aromatic heterocycles. The number of carbonyl (C=O) groups excluding carboxylic acids is 1. The van der Waals surface area contributed by atoms with E-state index >= 15 is 0 Å². The molecule has 1 aromatic carbocycles. The smallest absolute Gasteiger partial charge is 0.223 e. The molecule has 2 fully saturated rings. The number of hydrogen-bond acceptors (Lipinski definition) is 7. The number of likely N-dealkylation sites (tertiary alicyclic amines) is 1. The maximum absolute atomic E-state index is 12.9. The Morgan fingerprint density at radius 3 is 2.33 bits per heavy atom. The topological polar surface area (TPSA) is 86.3 Å². The summed E-state index contributed by atoms with van der Waals surface area (Å²) in [7, 11) is 0. The van der Waals surface area contributed by atoms with Crippen LogP contribution in [0.4, 0.5) is 11.6 Å². The lowest BCUT2D eigenvalue weighted by Crippen LogP contribution is -2.48. The van der Waals surface area contributed by atoms with Crippen molar-refractivity contribution in [2.45, 2.75) is 44.8 Å². The molecule has 36 heavy (non-hydrogen) atoms. The van der Waals surface area contributed by atoms with Gasteiger partial charge in [0.2, 0.25) is 5.91 Å². The molecule has 1 amide bonds. The van der Waals surface area contributed by atoms with E-state index in [2.05, 4.69) is 65.9 Å². The summed E-state index contributed by atoms with van der Waals surface area (Å²) in [5.41, 5.74) is 2.45. The fourth-order valence-electron chi connectivity index (χ4n) is 5.05. The summed E-state index contributed by atoms with van der Waals surface area (Å²) in [6.45, 7) is 5.36. The molecule has 2 N–H and O–H groups in total. The van der Waals surface area contributed by atoms with E-state index in [1.54, 1.807) is 6.20 Å². The number of benzene rings is 1. The van der Waals surface area contributed by atoms with E-state index in [-0.39, 0.29) is 11.8 Å². The van der Waals surface area contributed by atoms with Gasteiger partial charge in [0.15, 0.2) is 5.82 Å². The fraction of sp³-hybridized carbons (Fsp3) is 0.429. The van der Waals surface area contributed by atoms with E-state index in [0.29, 0.717) is 12.6 Å². The number of carbonyl (C=O) groups is 1. The summed E-state index contributed by atoms with van der Waals surface area (Å²) >= 11 is 0. The van der Waals surface area contributed by atoms with Crippen molar-refractivity contribution in [1.82, 2.24) is 25.4 Å². The maximum atomic E-state index is 12.9. The van der Waals surface area contributed by atoms with Gasteiger partial charge < -0.3 is 15.5 Å². The normalized spacial score (nSPS) is 17.6. The number of hydrogen-bond donors (Lipinski definition) is 2. The number of pyridine rings is 1. The number of amides is 1. The van der Waals surface area contributed by atoms with Crippen LogP contribution in [0.15, 0.2) is 67.0 Å². The molecular weight excluding hydrogens is 450 g/mol. The Bertz CT molecular complexity index is 1080. The summed E-state index contributed by atoms with van der Waals surface area (Å²) in [6, 6.07) is 18.8. The number of aromatic nitrogens is 3. The Hall–Kier alpha value is -3.52. The van der Waals surface area contributed by atoms with Crippen LogP contribution in [0.2, 0.25) is 0 Å². The highest BCUT2D eigenvalue weighted by Crippen LogP contribution is 2.23. The van der Waals surface area contributed by atoms with Crippen LogP contribution >= 0.6 is 0 Å². The van der Waals surface area contributed by atoms with E-state index in [9.17, 15) is 4.79 Å². The Labute approximate surface area is 213 Å². The molecule has 0 bridgehead atoms. The summed E-state index contributed by atoms with van der Waals surface area (Å²) in [6.07, 6.45) is 7.34. The van der Waals surface area contributed by atoms with Gasteiger partial charge in [0.1, 0.15) is 5.82 Å². The minimum absolute atomic E-state index is 0.0805. The van der Waals surface area contributed by atoms with Gasteiger partial charge in [-0.2, -0.15) is 0 Å². The molecule has 8 nitrogen and oxygen atoms in total. The van der Waals surface area contributed by atoms with Gasteiger partial charge in [0.05, 0.1) is 0 Å². The number of piperidine rings is 2. The van der Waals surface area contributed by atoms with E-state index in [4.69, 9.17) is 0 Å².